The second-order valence-electron chi connectivity index (χ2n) is 4.86. The van der Waals surface area contributed by atoms with Crippen LogP contribution in [0.3, 0.4) is 0 Å². The minimum atomic E-state index is -5.08. The number of carboxylic acid groups (broad SMARTS) is 1. The molecular formula is C16H15F3N2O3S. The van der Waals surface area contributed by atoms with Crippen molar-refractivity contribution in [2.75, 3.05) is 0 Å². The van der Waals surface area contributed by atoms with E-state index in [0.717, 1.165) is 16.3 Å². The van der Waals surface area contributed by atoms with Crippen molar-refractivity contribution in [3.63, 3.8) is 0 Å². The first kappa shape index (κ1) is 20.4. The van der Waals surface area contributed by atoms with E-state index >= 15 is 0 Å². The predicted octanol–water partition coefficient (Wildman–Crippen LogP) is 3.67. The molecule has 5 nitrogen and oxygen atoms in total. The first-order chi connectivity index (χ1) is 11.6. The van der Waals surface area contributed by atoms with Crippen LogP contribution in [-0.4, -0.2) is 33.3 Å². The molecule has 0 aliphatic rings. The Morgan fingerprint density at radius 1 is 1.32 bits per heavy atom. The number of carbonyl (C=O) groups is 1. The molecule has 0 bridgehead atoms. The summed E-state index contributed by atoms with van der Waals surface area (Å²) in [7, 11) is 0. The lowest BCUT2D eigenvalue weighted by molar-refractivity contribution is -0.192. The fraction of sp³-hybridized carbons (Fsp3) is 0.312. The Hall–Kier alpha value is -2.60. The molecule has 0 radical (unpaired) electrons. The van der Waals surface area contributed by atoms with Gasteiger partial charge in [0.2, 0.25) is 5.88 Å². The minimum absolute atomic E-state index is 0.132. The van der Waals surface area contributed by atoms with Crippen LogP contribution in [-0.2, 0) is 4.79 Å². The van der Waals surface area contributed by atoms with Gasteiger partial charge in [0.25, 0.3) is 0 Å². The molecule has 9 heteroatoms. The topological polar surface area (TPSA) is 72.3 Å². The summed E-state index contributed by atoms with van der Waals surface area (Å²) in [6, 6.07) is 3.73. The van der Waals surface area contributed by atoms with E-state index in [-0.39, 0.29) is 6.10 Å². The highest BCUT2D eigenvalue weighted by Gasteiger charge is 2.38. The second-order valence-corrected chi connectivity index (χ2v) is 5.92. The summed E-state index contributed by atoms with van der Waals surface area (Å²) in [5.74, 6) is 3.91. The van der Waals surface area contributed by atoms with Gasteiger partial charge in [-0.3, -0.25) is 0 Å². The molecule has 0 atom stereocenters. The van der Waals surface area contributed by atoms with E-state index in [2.05, 4.69) is 21.8 Å². The molecule has 2 aromatic heterocycles. The van der Waals surface area contributed by atoms with Gasteiger partial charge in [-0.15, -0.1) is 11.3 Å². The smallest absolute Gasteiger partial charge is 0.475 e. The molecule has 0 aliphatic carbocycles. The first-order valence-electron chi connectivity index (χ1n) is 6.95. The highest BCUT2D eigenvalue weighted by atomic mass is 32.1. The Kier molecular flexibility index (Phi) is 7.39. The number of halogens is 3. The summed E-state index contributed by atoms with van der Waals surface area (Å²) >= 11 is 1.60. The van der Waals surface area contributed by atoms with Crippen molar-refractivity contribution in [2.24, 2.45) is 0 Å². The molecular weight excluding hydrogens is 357 g/mol. The number of alkyl halides is 3. The molecule has 0 fully saturated rings. The zero-order valence-electron chi connectivity index (χ0n) is 13.6. The van der Waals surface area contributed by atoms with Crippen LogP contribution in [0.2, 0.25) is 0 Å². The second kappa shape index (κ2) is 9.03. The number of aryl methyl sites for hydroxylation is 1. The highest BCUT2D eigenvalue weighted by Crippen LogP contribution is 2.13. The fourth-order valence-electron chi connectivity index (χ4n) is 1.32. The summed E-state index contributed by atoms with van der Waals surface area (Å²) < 4.78 is 37.2. The van der Waals surface area contributed by atoms with Gasteiger partial charge in [0.15, 0.2) is 0 Å². The van der Waals surface area contributed by atoms with Crippen LogP contribution in [0.5, 0.6) is 5.88 Å². The van der Waals surface area contributed by atoms with Crippen LogP contribution in [0.15, 0.2) is 23.7 Å². The van der Waals surface area contributed by atoms with Crippen LogP contribution >= 0.6 is 11.3 Å². The molecule has 0 saturated heterocycles. The summed E-state index contributed by atoms with van der Waals surface area (Å²) in [6.07, 6.45) is -3.24. The maximum atomic E-state index is 10.6. The minimum Gasteiger partial charge on any atom is -0.475 e. The van der Waals surface area contributed by atoms with Gasteiger partial charge in [0, 0.05) is 23.2 Å². The van der Waals surface area contributed by atoms with E-state index in [1.807, 2.05) is 38.3 Å². The molecule has 0 saturated carbocycles. The molecule has 1 N–H and O–H groups in total. The zero-order valence-corrected chi connectivity index (χ0v) is 14.4. The van der Waals surface area contributed by atoms with Gasteiger partial charge in [-0.05, 0) is 32.8 Å². The Balaban J connectivity index is 0.000000381. The monoisotopic (exact) mass is 372 g/mol. The Labute approximate surface area is 146 Å². The van der Waals surface area contributed by atoms with Crippen molar-refractivity contribution < 1.29 is 27.8 Å². The van der Waals surface area contributed by atoms with Crippen LogP contribution in [0.4, 0.5) is 13.2 Å². The number of nitrogens with zero attached hydrogens (tertiary/aromatic N) is 2. The van der Waals surface area contributed by atoms with E-state index in [4.69, 9.17) is 14.6 Å². The molecule has 0 spiro atoms. The van der Waals surface area contributed by atoms with Crippen LogP contribution in [0.25, 0.3) is 0 Å². The molecule has 0 aromatic carbocycles. The normalized spacial score (nSPS) is 10.4. The van der Waals surface area contributed by atoms with Gasteiger partial charge in [0.1, 0.15) is 5.69 Å². The van der Waals surface area contributed by atoms with Crippen molar-refractivity contribution in [3.8, 4) is 17.7 Å². The van der Waals surface area contributed by atoms with Crippen molar-refractivity contribution >= 4 is 17.3 Å². The number of hydrogen-bond acceptors (Lipinski definition) is 5. The van der Waals surface area contributed by atoms with E-state index < -0.39 is 12.1 Å². The lowest BCUT2D eigenvalue weighted by Crippen LogP contribution is -2.21. The Bertz CT molecular complexity index is 759. The van der Waals surface area contributed by atoms with Crippen molar-refractivity contribution in [3.05, 3.63) is 40.0 Å². The lowest BCUT2D eigenvalue weighted by Gasteiger charge is -2.07. The first-order valence-corrected chi connectivity index (χ1v) is 7.83. The summed E-state index contributed by atoms with van der Waals surface area (Å²) in [4.78, 5) is 17.4. The number of pyridine rings is 1. The number of ether oxygens (including phenoxy) is 1. The van der Waals surface area contributed by atoms with Crippen molar-refractivity contribution in [2.45, 2.75) is 33.1 Å². The fourth-order valence-corrected chi connectivity index (χ4v) is 1.87. The SMILES string of the molecule is Cc1nc(C#Cc2ccc(OC(C)C)nc2)cs1.O=C(O)C(F)(F)F. The summed E-state index contributed by atoms with van der Waals surface area (Å²) in [5.41, 5.74) is 1.66. The third-order valence-electron chi connectivity index (χ3n) is 2.29. The standard InChI is InChI=1S/C14H14N2OS.C2HF3O2/c1-10(2)17-14-7-5-12(8-15-14)4-6-13-9-18-11(3)16-13;3-2(4,5)1(6)7/h5,7-10H,1-3H3;(H,6,7). The highest BCUT2D eigenvalue weighted by molar-refractivity contribution is 7.09. The van der Waals surface area contributed by atoms with E-state index in [9.17, 15) is 13.2 Å². The number of aromatic nitrogens is 2. The Morgan fingerprint density at radius 2 is 1.96 bits per heavy atom. The number of hydrogen-bond donors (Lipinski definition) is 1. The van der Waals surface area contributed by atoms with Gasteiger partial charge in [-0.1, -0.05) is 5.92 Å². The maximum Gasteiger partial charge on any atom is 0.490 e. The Morgan fingerprint density at radius 3 is 2.36 bits per heavy atom. The molecule has 2 heterocycles. The average Bonchev–Trinajstić information content (AvgIpc) is 2.91. The van der Waals surface area contributed by atoms with Crippen molar-refractivity contribution in [1.29, 1.82) is 0 Å². The van der Waals surface area contributed by atoms with Gasteiger partial charge in [-0.25, -0.2) is 14.8 Å². The van der Waals surface area contributed by atoms with Crippen LogP contribution in [0, 0.1) is 18.8 Å². The maximum absolute atomic E-state index is 10.6. The summed E-state index contributed by atoms with van der Waals surface area (Å²) in [6.45, 7) is 5.91. The van der Waals surface area contributed by atoms with Gasteiger partial charge in [0.05, 0.1) is 11.1 Å². The van der Waals surface area contributed by atoms with Gasteiger partial charge in [-0.2, -0.15) is 13.2 Å². The van der Waals surface area contributed by atoms with E-state index in [1.165, 1.54) is 0 Å². The number of carboxylic acids is 1. The van der Waals surface area contributed by atoms with Gasteiger partial charge >= 0.3 is 12.1 Å². The van der Waals surface area contributed by atoms with Gasteiger partial charge < -0.3 is 9.84 Å². The van der Waals surface area contributed by atoms with Crippen molar-refractivity contribution in [1.82, 2.24) is 9.97 Å². The molecule has 2 aromatic rings. The van der Waals surface area contributed by atoms with Crippen LogP contribution in [0.1, 0.15) is 30.1 Å². The lowest BCUT2D eigenvalue weighted by atomic mass is 10.3. The third-order valence-corrected chi connectivity index (χ3v) is 3.06. The molecule has 0 unspecified atom stereocenters. The largest absolute Gasteiger partial charge is 0.490 e. The summed E-state index contributed by atoms with van der Waals surface area (Å²) in [5, 5.41) is 10.1. The van der Waals surface area contributed by atoms with Crippen LogP contribution < -0.4 is 4.74 Å². The molecule has 0 amide bonds. The number of thiazole rings is 1. The third kappa shape index (κ3) is 8.17. The zero-order chi connectivity index (χ0) is 19.0. The molecule has 2 rings (SSSR count). The van der Waals surface area contributed by atoms with E-state index in [1.54, 1.807) is 17.5 Å². The molecule has 134 valence electrons. The quantitative estimate of drug-likeness (QED) is 0.815. The molecule has 0 aliphatic heterocycles. The number of rotatable bonds is 2. The predicted molar refractivity (Wildman–Crippen MR) is 86.5 cm³/mol. The molecule has 25 heavy (non-hydrogen) atoms. The average molecular weight is 372 g/mol. The van der Waals surface area contributed by atoms with E-state index in [0.29, 0.717) is 5.88 Å². The number of aliphatic carboxylic acids is 1.